The monoisotopic (exact) mass is 888 g/mol. The summed E-state index contributed by atoms with van der Waals surface area (Å²) in [6, 6.07) is 18.3. The number of halogens is 3. The molecular formula is C30H27BrI2N4O5S. The fraction of sp³-hybridized carbons (Fsp3) is 0.200. The molecule has 1 aliphatic heterocycles. The highest BCUT2D eigenvalue weighted by Crippen LogP contribution is 2.34. The van der Waals surface area contributed by atoms with E-state index in [4.69, 9.17) is 26.4 Å². The van der Waals surface area contributed by atoms with E-state index in [2.05, 4.69) is 82.3 Å². The van der Waals surface area contributed by atoms with E-state index in [1.165, 1.54) is 0 Å². The highest BCUT2D eigenvalue weighted by Gasteiger charge is 2.32. The van der Waals surface area contributed by atoms with Crippen molar-refractivity contribution < 1.29 is 23.8 Å². The Hall–Kier alpha value is -2.76. The summed E-state index contributed by atoms with van der Waals surface area (Å²) >= 11 is 13.2. The van der Waals surface area contributed by atoms with Crippen LogP contribution in [-0.2, 0) is 20.9 Å². The molecule has 43 heavy (non-hydrogen) atoms. The lowest BCUT2D eigenvalue weighted by Gasteiger charge is -2.30. The molecule has 9 nitrogen and oxygen atoms in total. The summed E-state index contributed by atoms with van der Waals surface area (Å²) in [4.78, 5) is 25.3. The maximum absolute atomic E-state index is 12.7. The molecule has 1 heterocycles. The molecule has 4 rings (SSSR count). The molecule has 3 N–H and O–H groups in total. The van der Waals surface area contributed by atoms with E-state index in [0.717, 1.165) is 28.5 Å². The number of thiocarbonyl (C=S) groups is 1. The molecule has 13 heteroatoms. The summed E-state index contributed by atoms with van der Waals surface area (Å²) in [6.07, 6.45) is 1.56. The third-order valence-electron chi connectivity index (χ3n) is 6.07. The topological polar surface area (TPSA) is 110 Å². The van der Waals surface area contributed by atoms with Crippen LogP contribution in [0.2, 0.25) is 0 Å². The number of rotatable bonds is 11. The second-order valence-corrected chi connectivity index (χ2v) is 12.8. The number of esters is 1. The van der Waals surface area contributed by atoms with Crippen LogP contribution in [0.15, 0.2) is 81.5 Å². The minimum absolute atomic E-state index is 0.231. The van der Waals surface area contributed by atoms with E-state index in [1.807, 2.05) is 42.5 Å². The van der Waals surface area contributed by atoms with Crippen molar-refractivity contribution in [2.45, 2.75) is 26.5 Å². The van der Waals surface area contributed by atoms with Crippen LogP contribution in [0.3, 0.4) is 0 Å². The van der Waals surface area contributed by atoms with Crippen molar-refractivity contribution in [2.75, 3.05) is 13.2 Å². The SMILES string of the molecule is CCOC(=O)C1=C(C)NC(=S)N[C@H]1c1ccccc1OCC(=O)NN=Cc1cc(I)c(OCc2ccc(Br)cc2)c(I)c1. The third kappa shape index (κ3) is 9.12. The van der Waals surface area contributed by atoms with Crippen LogP contribution in [0.5, 0.6) is 11.5 Å². The zero-order valence-electron chi connectivity index (χ0n) is 23.1. The number of allylic oxidation sites excluding steroid dienone is 1. The number of carbonyl (C=O) groups excluding carboxylic acids is 2. The Kier molecular flexibility index (Phi) is 12.2. The molecule has 0 unspecified atom stereocenters. The number of nitrogens with zero attached hydrogens (tertiary/aromatic N) is 1. The third-order valence-corrected chi connectivity index (χ3v) is 8.42. The molecule has 0 bridgehead atoms. The Morgan fingerprint density at radius 2 is 1.79 bits per heavy atom. The van der Waals surface area contributed by atoms with Gasteiger partial charge in [0.2, 0.25) is 0 Å². The van der Waals surface area contributed by atoms with Gasteiger partial charge in [-0.3, -0.25) is 4.79 Å². The highest BCUT2D eigenvalue weighted by molar-refractivity contribution is 14.1. The molecule has 0 aromatic heterocycles. The van der Waals surface area contributed by atoms with Gasteiger partial charge in [0.15, 0.2) is 11.7 Å². The van der Waals surface area contributed by atoms with Gasteiger partial charge in [-0.15, -0.1) is 0 Å². The van der Waals surface area contributed by atoms with Crippen molar-refractivity contribution in [3.05, 3.63) is 100 Å². The van der Waals surface area contributed by atoms with E-state index >= 15 is 0 Å². The van der Waals surface area contributed by atoms with Crippen molar-refractivity contribution in [3.63, 3.8) is 0 Å². The zero-order chi connectivity index (χ0) is 30.9. The first-order valence-corrected chi connectivity index (χ1v) is 16.4. The number of amides is 1. The smallest absolute Gasteiger partial charge is 0.338 e. The molecule has 3 aromatic rings. The molecule has 0 fully saturated rings. The molecule has 1 aliphatic rings. The van der Waals surface area contributed by atoms with E-state index in [1.54, 1.807) is 38.3 Å². The summed E-state index contributed by atoms with van der Waals surface area (Å²) in [6.45, 7) is 3.89. The second-order valence-electron chi connectivity index (χ2n) is 9.14. The normalized spacial score (nSPS) is 14.6. The fourth-order valence-corrected chi connectivity index (χ4v) is 6.80. The summed E-state index contributed by atoms with van der Waals surface area (Å²) in [5.41, 5.74) is 5.97. The van der Waals surface area contributed by atoms with Crippen LogP contribution in [0.25, 0.3) is 0 Å². The fourth-order valence-electron chi connectivity index (χ4n) is 4.14. The first kappa shape index (κ1) is 33.1. The molecule has 3 aromatic carbocycles. The van der Waals surface area contributed by atoms with Crippen molar-refractivity contribution in [1.29, 1.82) is 0 Å². The number of hydrogen-bond donors (Lipinski definition) is 3. The van der Waals surface area contributed by atoms with Gasteiger partial charge in [-0.2, -0.15) is 5.10 Å². The minimum Gasteiger partial charge on any atom is -0.487 e. The number of ether oxygens (including phenoxy) is 3. The summed E-state index contributed by atoms with van der Waals surface area (Å²) < 4.78 is 20.0. The predicted molar refractivity (Wildman–Crippen MR) is 189 cm³/mol. The first-order valence-electron chi connectivity index (χ1n) is 13.0. The lowest BCUT2D eigenvalue weighted by molar-refractivity contribution is -0.139. The second kappa shape index (κ2) is 15.8. The average Bonchev–Trinajstić information content (AvgIpc) is 2.96. The van der Waals surface area contributed by atoms with Gasteiger partial charge >= 0.3 is 5.97 Å². The van der Waals surface area contributed by atoms with Crippen molar-refractivity contribution >= 4 is 96.5 Å². The van der Waals surface area contributed by atoms with Crippen LogP contribution >= 0.6 is 73.3 Å². The van der Waals surface area contributed by atoms with E-state index in [0.29, 0.717) is 34.3 Å². The Labute approximate surface area is 290 Å². The molecule has 224 valence electrons. The molecular weight excluding hydrogens is 862 g/mol. The number of nitrogens with one attached hydrogen (secondary N) is 3. The summed E-state index contributed by atoms with van der Waals surface area (Å²) in [5, 5.41) is 10.5. The first-order chi connectivity index (χ1) is 20.7. The van der Waals surface area contributed by atoms with Gasteiger partial charge in [-0.1, -0.05) is 46.3 Å². The number of hydrogen-bond acceptors (Lipinski definition) is 7. The van der Waals surface area contributed by atoms with Gasteiger partial charge in [0.05, 0.1) is 31.6 Å². The van der Waals surface area contributed by atoms with Crippen molar-refractivity contribution in [1.82, 2.24) is 16.1 Å². The van der Waals surface area contributed by atoms with Gasteiger partial charge in [-0.25, -0.2) is 10.2 Å². The number of carbonyl (C=O) groups is 2. The van der Waals surface area contributed by atoms with Crippen molar-refractivity contribution in [3.8, 4) is 11.5 Å². The Bertz CT molecular complexity index is 1560. The van der Waals surface area contributed by atoms with E-state index in [9.17, 15) is 9.59 Å². The lowest BCUT2D eigenvalue weighted by Crippen LogP contribution is -2.45. The van der Waals surface area contributed by atoms with Gasteiger partial charge in [0.1, 0.15) is 18.1 Å². The van der Waals surface area contributed by atoms with Gasteiger partial charge in [-0.05, 0) is 113 Å². The molecule has 1 atom stereocenters. The van der Waals surface area contributed by atoms with Gasteiger partial charge < -0.3 is 24.8 Å². The lowest BCUT2D eigenvalue weighted by atomic mass is 9.95. The molecule has 0 aliphatic carbocycles. The van der Waals surface area contributed by atoms with Gasteiger partial charge in [0.25, 0.3) is 5.91 Å². The standard InChI is InChI=1S/C30H27BrI2N4O5S/c1-3-40-29(39)26-17(2)35-30(43)36-27(26)21-6-4-5-7-24(21)41-16-25(38)37-34-14-19-12-22(32)28(23(33)13-19)42-15-18-8-10-20(31)11-9-18/h4-14,27H,3,15-16H2,1-2H3,(H,37,38)(H2,35,36,43)/t27-/m0/s1. The van der Waals surface area contributed by atoms with E-state index in [-0.39, 0.29) is 13.2 Å². The number of benzene rings is 3. The van der Waals surface area contributed by atoms with Gasteiger partial charge in [0, 0.05) is 15.7 Å². The molecule has 0 radical (unpaired) electrons. The number of para-hydroxylation sites is 1. The summed E-state index contributed by atoms with van der Waals surface area (Å²) in [5.74, 6) is 0.290. The Morgan fingerprint density at radius 3 is 2.49 bits per heavy atom. The Morgan fingerprint density at radius 1 is 1.09 bits per heavy atom. The predicted octanol–water partition coefficient (Wildman–Crippen LogP) is 6.12. The van der Waals surface area contributed by atoms with E-state index < -0.39 is 17.9 Å². The van der Waals surface area contributed by atoms with Crippen molar-refractivity contribution in [2.24, 2.45) is 5.10 Å². The van der Waals surface area contributed by atoms with Crippen LogP contribution in [0.1, 0.15) is 36.6 Å². The highest BCUT2D eigenvalue weighted by atomic mass is 127. The maximum atomic E-state index is 12.7. The van der Waals surface area contributed by atoms with Crippen LogP contribution in [0.4, 0.5) is 0 Å². The zero-order valence-corrected chi connectivity index (χ0v) is 29.8. The minimum atomic E-state index is -0.614. The maximum Gasteiger partial charge on any atom is 0.338 e. The Balaban J connectivity index is 1.37. The molecule has 0 saturated heterocycles. The van der Waals surface area contributed by atoms with Crippen LogP contribution < -0.4 is 25.5 Å². The number of hydrazone groups is 1. The summed E-state index contributed by atoms with van der Waals surface area (Å²) in [7, 11) is 0. The van der Waals surface area contributed by atoms with Crippen LogP contribution in [0, 0.1) is 7.14 Å². The average molecular weight is 889 g/mol. The van der Waals surface area contributed by atoms with Crippen LogP contribution in [-0.4, -0.2) is 36.4 Å². The largest absolute Gasteiger partial charge is 0.487 e. The quantitative estimate of drug-likeness (QED) is 0.0696. The molecule has 0 spiro atoms. The molecule has 0 saturated carbocycles. The molecule has 1 amide bonds.